The highest BCUT2D eigenvalue weighted by Gasteiger charge is 2.15. The van der Waals surface area contributed by atoms with Crippen LogP contribution in [0.3, 0.4) is 0 Å². The summed E-state index contributed by atoms with van der Waals surface area (Å²) in [5, 5.41) is 2.15. The Kier molecular flexibility index (Phi) is 4.86. The normalized spacial score (nSPS) is 10.1. The van der Waals surface area contributed by atoms with Crippen molar-refractivity contribution in [3.05, 3.63) is 78.1 Å². The molecule has 0 unspecified atom stereocenters. The fourth-order valence-corrected chi connectivity index (χ4v) is 2.48. The van der Waals surface area contributed by atoms with Crippen LogP contribution in [0.1, 0.15) is 15.9 Å². The molecule has 0 aliphatic heterocycles. The first kappa shape index (κ1) is 15.4. The lowest BCUT2D eigenvalue weighted by molar-refractivity contribution is -0.683. The molecule has 0 fully saturated rings. The van der Waals surface area contributed by atoms with Gasteiger partial charge < -0.3 is 17.0 Å². The third kappa shape index (κ3) is 3.37. The number of Topliss-reactive ketones (excluding diaryl/α,β-unsaturated/α-hetero) is 1. The Hall–Kier alpha value is -2.00. The van der Waals surface area contributed by atoms with Gasteiger partial charge in [0.15, 0.2) is 12.4 Å². The maximum atomic E-state index is 12.6. The minimum absolute atomic E-state index is 0. The number of nitrogens with zero attached hydrogens (tertiary/aromatic N) is 1. The van der Waals surface area contributed by atoms with Crippen molar-refractivity contribution in [1.82, 2.24) is 0 Å². The molecular formula is C18H16BrNO. The quantitative estimate of drug-likeness (QED) is 0.496. The Bertz CT molecular complexity index is 769. The summed E-state index contributed by atoms with van der Waals surface area (Å²) in [5.74, 6) is 0.140. The summed E-state index contributed by atoms with van der Waals surface area (Å²) in [6, 6.07) is 17.9. The van der Waals surface area contributed by atoms with Crippen molar-refractivity contribution in [2.24, 2.45) is 0 Å². The van der Waals surface area contributed by atoms with Crippen molar-refractivity contribution in [2.75, 3.05) is 0 Å². The number of hydrogen-bond acceptors (Lipinski definition) is 1. The fourth-order valence-electron chi connectivity index (χ4n) is 2.48. The molecule has 0 aliphatic rings. The number of carbonyl (C=O) groups is 1. The molecule has 2 aromatic carbocycles. The Morgan fingerprint density at radius 1 is 1.00 bits per heavy atom. The van der Waals surface area contributed by atoms with Gasteiger partial charge in [-0.25, -0.2) is 0 Å². The summed E-state index contributed by atoms with van der Waals surface area (Å²) < 4.78 is 1.90. The van der Waals surface area contributed by atoms with E-state index >= 15 is 0 Å². The number of aromatic nitrogens is 1. The lowest BCUT2D eigenvalue weighted by Gasteiger charge is -2.06. The zero-order valence-electron chi connectivity index (χ0n) is 11.8. The van der Waals surface area contributed by atoms with Crippen LogP contribution < -0.4 is 21.5 Å². The number of aryl methyl sites for hydroxylation is 1. The highest BCUT2D eigenvalue weighted by molar-refractivity contribution is 6.07. The molecule has 0 bridgehead atoms. The third-order valence-corrected chi connectivity index (χ3v) is 3.41. The van der Waals surface area contributed by atoms with E-state index in [1.54, 1.807) is 0 Å². The molecule has 0 aliphatic carbocycles. The first-order valence-corrected chi connectivity index (χ1v) is 6.71. The second-order valence-electron chi connectivity index (χ2n) is 5.00. The summed E-state index contributed by atoms with van der Waals surface area (Å²) in [4.78, 5) is 12.6. The molecule has 0 saturated heterocycles. The number of hydrogen-bond donors (Lipinski definition) is 0. The molecule has 21 heavy (non-hydrogen) atoms. The number of pyridine rings is 1. The molecule has 0 spiro atoms. The highest BCUT2D eigenvalue weighted by atomic mass is 79.9. The van der Waals surface area contributed by atoms with E-state index in [0.717, 1.165) is 21.9 Å². The Morgan fingerprint density at radius 3 is 2.48 bits per heavy atom. The molecular weight excluding hydrogens is 326 g/mol. The smallest absolute Gasteiger partial charge is 0.228 e. The molecule has 3 rings (SSSR count). The molecule has 0 amide bonds. The van der Waals surface area contributed by atoms with Gasteiger partial charge in [-0.1, -0.05) is 36.4 Å². The number of carbonyl (C=O) groups excluding carboxylic acids is 1. The summed E-state index contributed by atoms with van der Waals surface area (Å²) in [5.41, 5.74) is 1.92. The van der Waals surface area contributed by atoms with Gasteiger partial charge in [-0.15, -0.1) is 0 Å². The Morgan fingerprint density at radius 2 is 1.71 bits per heavy atom. The van der Waals surface area contributed by atoms with Crippen LogP contribution in [0.25, 0.3) is 10.8 Å². The van der Waals surface area contributed by atoms with Gasteiger partial charge in [0.05, 0.1) is 0 Å². The van der Waals surface area contributed by atoms with Gasteiger partial charge >= 0.3 is 0 Å². The molecule has 0 radical (unpaired) electrons. The van der Waals surface area contributed by atoms with Crippen molar-refractivity contribution in [3.8, 4) is 0 Å². The van der Waals surface area contributed by atoms with Gasteiger partial charge in [0.25, 0.3) is 0 Å². The summed E-state index contributed by atoms with van der Waals surface area (Å²) >= 11 is 0. The predicted octanol–water partition coefficient (Wildman–Crippen LogP) is 0.323. The van der Waals surface area contributed by atoms with E-state index in [-0.39, 0.29) is 22.8 Å². The lowest BCUT2D eigenvalue weighted by atomic mass is 9.98. The number of fused-ring (bicyclic) bond motifs is 1. The van der Waals surface area contributed by atoms with E-state index < -0.39 is 0 Å². The molecule has 3 heteroatoms. The topological polar surface area (TPSA) is 20.9 Å². The minimum atomic E-state index is 0. The Balaban J connectivity index is 0.00000161. The van der Waals surface area contributed by atoms with E-state index in [2.05, 4.69) is 12.1 Å². The number of halogens is 1. The maximum absolute atomic E-state index is 12.6. The SMILES string of the molecule is Cc1cc(C(=O)C[n+]2ccccc2)c2ccccc2c1.[Br-]. The summed E-state index contributed by atoms with van der Waals surface area (Å²) in [6.07, 6.45) is 3.83. The number of benzene rings is 2. The first-order chi connectivity index (χ1) is 9.74. The second-order valence-corrected chi connectivity index (χ2v) is 5.00. The van der Waals surface area contributed by atoms with Crippen LogP contribution in [-0.2, 0) is 6.54 Å². The largest absolute Gasteiger partial charge is 1.00 e. The van der Waals surface area contributed by atoms with E-state index in [4.69, 9.17) is 0 Å². The van der Waals surface area contributed by atoms with Gasteiger partial charge in [-0.3, -0.25) is 4.79 Å². The standard InChI is InChI=1S/C18H16NO.BrH/c1-14-11-15-7-3-4-8-16(15)17(12-14)18(20)13-19-9-5-2-6-10-19;/h2-12H,13H2,1H3;1H/q+1;/p-1. The van der Waals surface area contributed by atoms with Gasteiger partial charge in [-0.05, 0) is 29.3 Å². The zero-order valence-corrected chi connectivity index (χ0v) is 13.4. The molecule has 3 aromatic rings. The van der Waals surface area contributed by atoms with Crippen LogP contribution in [0.4, 0.5) is 0 Å². The minimum Gasteiger partial charge on any atom is -1.00 e. The van der Waals surface area contributed by atoms with Crippen LogP contribution in [0, 0.1) is 6.92 Å². The van der Waals surface area contributed by atoms with Crippen LogP contribution >= 0.6 is 0 Å². The predicted molar refractivity (Wildman–Crippen MR) is 79.7 cm³/mol. The van der Waals surface area contributed by atoms with Crippen LogP contribution in [-0.4, -0.2) is 5.78 Å². The summed E-state index contributed by atoms with van der Waals surface area (Å²) in [7, 11) is 0. The van der Waals surface area contributed by atoms with Crippen LogP contribution in [0.15, 0.2) is 67.0 Å². The van der Waals surface area contributed by atoms with Crippen molar-refractivity contribution < 1.29 is 26.3 Å². The molecule has 1 aromatic heterocycles. The zero-order chi connectivity index (χ0) is 13.9. The van der Waals surface area contributed by atoms with Gasteiger partial charge in [0.2, 0.25) is 12.3 Å². The van der Waals surface area contributed by atoms with Crippen molar-refractivity contribution in [1.29, 1.82) is 0 Å². The van der Waals surface area contributed by atoms with E-state index in [1.807, 2.05) is 66.3 Å². The van der Waals surface area contributed by atoms with Gasteiger partial charge in [-0.2, -0.15) is 4.57 Å². The monoisotopic (exact) mass is 341 g/mol. The summed E-state index contributed by atoms with van der Waals surface area (Å²) in [6.45, 7) is 2.40. The molecule has 0 N–H and O–H groups in total. The average molecular weight is 342 g/mol. The number of rotatable bonds is 3. The van der Waals surface area contributed by atoms with Gasteiger partial charge in [0.1, 0.15) is 0 Å². The van der Waals surface area contributed by atoms with Crippen LogP contribution in [0.2, 0.25) is 0 Å². The molecule has 2 nitrogen and oxygen atoms in total. The van der Waals surface area contributed by atoms with Crippen molar-refractivity contribution in [2.45, 2.75) is 13.5 Å². The molecule has 106 valence electrons. The third-order valence-electron chi connectivity index (χ3n) is 3.41. The fraction of sp³-hybridized carbons (Fsp3) is 0.111. The van der Waals surface area contributed by atoms with E-state index in [1.165, 1.54) is 0 Å². The second kappa shape index (κ2) is 6.64. The molecule has 0 saturated carbocycles. The maximum Gasteiger partial charge on any atom is 0.228 e. The van der Waals surface area contributed by atoms with E-state index in [0.29, 0.717) is 6.54 Å². The van der Waals surface area contributed by atoms with Crippen molar-refractivity contribution in [3.63, 3.8) is 0 Å². The molecule has 1 heterocycles. The molecule has 0 atom stereocenters. The first-order valence-electron chi connectivity index (χ1n) is 6.71. The average Bonchev–Trinajstić information content (AvgIpc) is 2.47. The lowest BCUT2D eigenvalue weighted by Crippen LogP contribution is -3.00. The number of ketones is 1. The van der Waals surface area contributed by atoms with Crippen LogP contribution in [0.5, 0.6) is 0 Å². The van der Waals surface area contributed by atoms with Crippen molar-refractivity contribution >= 4 is 16.6 Å². The Labute approximate surface area is 134 Å². The van der Waals surface area contributed by atoms with E-state index in [9.17, 15) is 4.79 Å². The highest BCUT2D eigenvalue weighted by Crippen LogP contribution is 2.21. The van der Waals surface area contributed by atoms with Gasteiger partial charge in [0, 0.05) is 17.7 Å².